The number of halogens is 1. The fourth-order valence-corrected chi connectivity index (χ4v) is 4.24. The first-order valence-electron chi connectivity index (χ1n) is 9.82. The standard InChI is InChI=1S/C23H23ClN6S/c24-19-7-4-10-28-21(19)16-8-9-20(25)18(11-16)22(26)30-23-29-14-17(31-23)13-27-12-15-5-2-1-3-6-15/h1-11,14,21,27-28H,12-13,25H2,(H2,26,29,30). The second kappa shape index (κ2) is 9.78. The van der Waals surface area contributed by atoms with Crippen molar-refractivity contribution in [3.8, 4) is 0 Å². The van der Waals surface area contributed by atoms with E-state index in [1.165, 1.54) is 16.9 Å². The number of aromatic nitrogens is 1. The lowest BCUT2D eigenvalue weighted by molar-refractivity contribution is 0.700. The van der Waals surface area contributed by atoms with Crippen LogP contribution in [-0.4, -0.2) is 10.8 Å². The molecule has 0 saturated carbocycles. The van der Waals surface area contributed by atoms with Crippen LogP contribution in [0.4, 0.5) is 10.8 Å². The average Bonchev–Trinajstić information content (AvgIpc) is 3.22. The number of thiazole rings is 1. The minimum atomic E-state index is -0.138. The van der Waals surface area contributed by atoms with E-state index < -0.39 is 0 Å². The average molecular weight is 451 g/mol. The summed E-state index contributed by atoms with van der Waals surface area (Å²) in [7, 11) is 0. The van der Waals surface area contributed by atoms with Gasteiger partial charge < -0.3 is 22.1 Å². The highest BCUT2D eigenvalue weighted by molar-refractivity contribution is 7.15. The van der Waals surface area contributed by atoms with Gasteiger partial charge in [0, 0.05) is 40.4 Å². The Morgan fingerprint density at radius 3 is 2.84 bits per heavy atom. The number of allylic oxidation sites excluding steroid dienone is 2. The number of nitrogens with zero attached hydrogens (tertiary/aromatic N) is 2. The van der Waals surface area contributed by atoms with Gasteiger partial charge in [-0.1, -0.05) is 59.3 Å². The van der Waals surface area contributed by atoms with E-state index in [0.717, 1.165) is 17.0 Å². The Labute approximate surface area is 190 Å². The van der Waals surface area contributed by atoms with Gasteiger partial charge in [-0.3, -0.25) is 0 Å². The first-order chi connectivity index (χ1) is 15.1. The maximum atomic E-state index is 6.34. The molecule has 1 unspecified atom stereocenters. The molecule has 6 nitrogen and oxygen atoms in total. The van der Waals surface area contributed by atoms with E-state index in [4.69, 9.17) is 23.1 Å². The molecule has 158 valence electrons. The molecule has 2 aromatic carbocycles. The number of aliphatic imine (C=N–C) groups is 1. The third-order valence-electron chi connectivity index (χ3n) is 4.81. The Kier molecular flexibility index (Phi) is 6.66. The van der Waals surface area contributed by atoms with Gasteiger partial charge in [-0.25, -0.2) is 9.98 Å². The minimum Gasteiger partial charge on any atom is -0.398 e. The normalized spacial score (nSPS) is 16.1. The van der Waals surface area contributed by atoms with E-state index in [-0.39, 0.29) is 6.04 Å². The van der Waals surface area contributed by atoms with Crippen molar-refractivity contribution in [3.05, 3.63) is 99.7 Å². The van der Waals surface area contributed by atoms with E-state index in [2.05, 4.69) is 32.7 Å². The van der Waals surface area contributed by atoms with Crippen molar-refractivity contribution < 1.29 is 0 Å². The number of anilines is 1. The molecular formula is C23H23ClN6S. The number of hydrogen-bond acceptors (Lipinski definition) is 6. The molecule has 0 aliphatic carbocycles. The highest BCUT2D eigenvalue weighted by atomic mass is 35.5. The molecule has 1 aliphatic rings. The van der Waals surface area contributed by atoms with Crippen molar-refractivity contribution in [1.29, 1.82) is 0 Å². The summed E-state index contributed by atoms with van der Waals surface area (Å²) in [5.41, 5.74) is 15.9. The molecule has 31 heavy (non-hydrogen) atoms. The van der Waals surface area contributed by atoms with Crippen molar-refractivity contribution in [2.24, 2.45) is 10.7 Å². The molecule has 3 aromatic rings. The lowest BCUT2D eigenvalue weighted by Crippen LogP contribution is -2.20. The van der Waals surface area contributed by atoms with Crippen LogP contribution in [0.15, 0.2) is 83.1 Å². The van der Waals surface area contributed by atoms with Gasteiger partial charge in [-0.2, -0.15) is 0 Å². The summed E-state index contributed by atoms with van der Waals surface area (Å²) >= 11 is 7.84. The van der Waals surface area contributed by atoms with Crippen LogP contribution in [0.5, 0.6) is 0 Å². The Bertz CT molecular complexity index is 1140. The number of amidine groups is 1. The molecule has 0 fully saturated rings. The monoisotopic (exact) mass is 450 g/mol. The highest BCUT2D eigenvalue weighted by Crippen LogP contribution is 2.29. The van der Waals surface area contributed by atoms with Gasteiger partial charge in [0.25, 0.3) is 0 Å². The van der Waals surface area contributed by atoms with Gasteiger partial charge in [0.2, 0.25) is 5.13 Å². The van der Waals surface area contributed by atoms with E-state index in [1.54, 1.807) is 0 Å². The Balaban J connectivity index is 1.45. The summed E-state index contributed by atoms with van der Waals surface area (Å²) in [5, 5.41) is 7.94. The largest absolute Gasteiger partial charge is 0.398 e. The molecule has 1 aromatic heterocycles. The summed E-state index contributed by atoms with van der Waals surface area (Å²) in [6, 6.07) is 15.8. The SMILES string of the molecule is NC(=Nc1ncc(CNCc2ccccc2)s1)c1cc(C2NC=CC=C2Cl)ccc1N. The Morgan fingerprint density at radius 1 is 1.19 bits per heavy atom. The molecule has 0 radical (unpaired) electrons. The van der Waals surface area contributed by atoms with E-state index in [9.17, 15) is 0 Å². The highest BCUT2D eigenvalue weighted by Gasteiger charge is 2.17. The Hall–Kier alpha value is -3.13. The second-order valence-corrected chi connectivity index (χ2v) is 8.58. The van der Waals surface area contributed by atoms with Crippen molar-refractivity contribution >= 4 is 39.6 Å². The smallest absolute Gasteiger partial charge is 0.211 e. The number of nitrogen functional groups attached to an aromatic ring is 1. The fraction of sp³-hybridized carbons (Fsp3) is 0.130. The van der Waals surface area contributed by atoms with Crippen molar-refractivity contribution in [2.45, 2.75) is 19.1 Å². The molecule has 0 spiro atoms. The van der Waals surface area contributed by atoms with E-state index >= 15 is 0 Å². The molecule has 4 rings (SSSR count). The van der Waals surface area contributed by atoms with Crippen LogP contribution >= 0.6 is 22.9 Å². The third kappa shape index (κ3) is 5.32. The molecular weight excluding hydrogens is 428 g/mol. The lowest BCUT2D eigenvalue weighted by atomic mass is 10.0. The van der Waals surface area contributed by atoms with Gasteiger partial charge in [-0.05, 0) is 41.6 Å². The zero-order chi connectivity index (χ0) is 21.6. The van der Waals surface area contributed by atoms with Crippen LogP contribution in [0.25, 0.3) is 0 Å². The van der Waals surface area contributed by atoms with E-state index in [0.29, 0.717) is 33.8 Å². The number of nitrogens with two attached hydrogens (primary N) is 2. The van der Waals surface area contributed by atoms with Gasteiger partial charge in [-0.15, -0.1) is 0 Å². The van der Waals surface area contributed by atoms with Gasteiger partial charge in [0.1, 0.15) is 5.84 Å². The molecule has 1 atom stereocenters. The predicted molar refractivity (Wildman–Crippen MR) is 129 cm³/mol. The van der Waals surface area contributed by atoms with Gasteiger partial charge in [0.15, 0.2) is 0 Å². The number of dihydropyridines is 1. The predicted octanol–water partition coefficient (Wildman–Crippen LogP) is 4.33. The molecule has 6 N–H and O–H groups in total. The topological polar surface area (TPSA) is 101 Å². The first kappa shape index (κ1) is 21.1. The van der Waals surface area contributed by atoms with Crippen molar-refractivity contribution in [1.82, 2.24) is 15.6 Å². The maximum Gasteiger partial charge on any atom is 0.211 e. The quantitative estimate of drug-likeness (QED) is 0.244. The first-order valence-corrected chi connectivity index (χ1v) is 11.0. The third-order valence-corrected chi connectivity index (χ3v) is 6.04. The lowest BCUT2D eigenvalue weighted by Gasteiger charge is -2.21. The summed E-state index contributed by atoms with van der Waals surface area (Å²) in [4.78, 5) is 9.96. The van der Waals surface area contributed by atoms with Gasteiger partial charge >= 0.3 is 0 Å². The van der Waals surface area contributed by atoms with Crippen LogP contribution in [0, 0.1) is 0 Å². The molecule has 0 saturated heterocycles. The van der Waals surface area contributed by atoms with Crippen LogP contribution in [0.3, 0.4) is 0 Å². The van der Waals surface area contributed by atoms with Crippen LogP contribution in [-0.2, 0) is 13.1 Å². The minimum absolute atomic E-state index is 0.138. The number of benzene rings is 2. The van der Waals surface area contributed by atoms with E-state index in [1.807, 2.05) is 60.9 Å². The zero-order valence-electron chi connectivity index (χ0n) is 16.8. The molecule has 0 bridgehead atoms. The molecule has 0 amide bonds. The second-order valence-electron chi connectivity index (χ2n) is 7.05. The number of rotatable bonds is 7. The van der Waals surface area contributed by atoms with Crippen LogP contribution in [0.2, 0.25) is 0 Å². The summed E-state index contributed by atoms with van der Waals surface area (Å²) in [6.07, 6.45) is 7.39. The Morgan fingerprint density at radius 2 is 2.03 bits per heavy atom. The fourth-order valence-electron chi connectivity index (χ4n) is 3.22. The zero-order valence-corrected chi connectivity index (χ0v) is 18.3. The van der Waals surface area contributed by atoms with Crippen LogP contribution in [0.1, 0.15) is 27.6 Å². The van der Waals surface area contributed by atoms with Gasteiger partial charge in [0.05, 0.1) is 6.04 Å². The van der Waals surface area contributed by atoms with Crippen molar-refractivity contribution in [2.75, 3.05) is 5.73 Å². The summed E-state index contributed by atoms with van der Waals surface area (Å²) in [5.74, 6) is 0.323. The molecule has 1 aliphatic heterocycles. The molecule has 2 heterocycles. The summed E-state index contributed by atoms with van der Waals surface area (Å²) in [6.45, 7) is 1.51. The van der Waals surface area contributed by atoms with Crippen molar-refractivity contribution in [3.63, 3.8) is 0 Å². The number of nitrogens with one attached hydrogen (secondary N) is 2. The molecule has 8 heteroatoms. The number of hydrogen-bond donors (Lipinski definition) is 4. The maximum absolute atomic E-state index is 6.34. The van der Waals surface area contributed by atoms with Crippen LogP contribution < -0.4 is 22.1 Å². The summed E-state index contributed by atoms with van der Waals surface area (Å²) < 4.78 is 0.